The molecule has 192 valence electrons. The number of rotatable bonds is 5. The lowest BCUT2D eigenvalue weighted by Gasteiger charge is -2.20. The normalized spacial score (nSPS) is 13.4. The highest BCUT2D eigenvalue weighted by Gasteiger charge is 2.31. The van der Waals surface area contributed by atoms with Crippen LogP contribution in [-0.4, -0.2) is 19.1 Å². The Hall–Kier alpha value is -4.21. The molecule has 1 N–H and O–H groups in total. The van der Waals surface area contributed by atoms with Crippen molar-refractivity contribution in [1.29, 1.82) is 0 Å². The van der Waals surface area contributed by atoms with Gasteiger partial charge in [0, 0.05) is 6.08 Å². The zero-order valence-electron chi connectivity index (χ0n) is 19.0. The molecule has 0 aromatic heterocycles. The first kappa shape index (κ1) is 25.9. The second-order valence-corrected chi connectivity index (χ2v) is 7.91. The van der Waals surface area contributed by atoms with E-state index in [4.69, 9.17) is 9.47 Å². The lowest BCUT2D eigenvalue weighted by atomic mass is 9.95. The SMILES string of the molecule is O=C(C=CC=C(c1ccc(C(F)(F)F)cc1)c1ccc(C(F)(F)F)cc1)Nc1cccc2c1OCCO2. The highest BCUT2D eigenvalue weighted by atomic mass is 19.4. The minimum atomic E-state index is -4.54. The third-order valence-electron chi connectivity index (χ3n) is 5.38. The van der Waals surface area contributed by atoms with Gasteiger partial charge in [-0.05, 0) is 53.1 Å². The van der Waals surface area contributed by atoms with Gasteiger partial charge in [0.15, 0.2) is 11.5 Å². The molecule has 0 saturated heterocycles. The first-order chi connectivity index (χ1) is 17.5. The molecule has 3 aromatic carbocycles. The van der Waals surface area contributed by atoms with Crippen LogP contribution < -0.4 is 14.8 Å². The summed E-state index contributed by atoms with van der Waals surface area (Å²) in [4.78, 5) is 12.5. The monoisotopic (exact) mass is 519 g/mol. The number of fused-ring (bicyclic) bond motifs is 1. The summed E-state index contributed by atoms with van der Waals surface area (Å²) < 4.78 is 88.9. The Kier molecular flexibility index (Phi) is 7.28. The molecular weight excluding hydrogens is 500 g/mol. The second-order valence-electron chi connectivity index (χ2n) is 7.91. The van der Waals surface area contributed by atoms with E-state index in [0.29, 0.717) is 47.1 Å². The van der Waals surface area contributed by atoms with Crippen LogP contribution in [0.4, 0.5) is 32.0 Å². The Bertz CT molecular complexity index is 1260. The fourth-order valence-electron chi connectivity index (χ4n) is 3.61. The fraction of sp³-hybridized carbons (Fsp3) is 0.148. The van der Waals surface area contributed by atoms with Gasteiger partial charge in [-0.3, -0.25) is 4.79 Å². The summed E-state index contributed by atoms with van der Waals surface area (Å²) in [7, 11) is 0. The lowest BCUT2D eigenvalue weighted by molar-refractivity contribution is -0.138. The smallest absolute Gasteiger partial charge is 0.416 e. The van der Waals surface area contributed by atoms with Crippen LogP contribution in [0.25, 0.3) is 5.57 Å². The molecule has 0 unspecified atom stereocenters. The van der Waals surface area contributed by atoms with Gasteiger partial charge in [0.25, 0.3) is 0 Å². The maximum atomic E-state index is 13.0. The van der Waals surface area contributed by atoms with Gasteiger partial charge in [0.2, 0.25) is 5.91 Å². The molecule has 0 fully saturated rings. The summed E-state index contributed by atoms with van der Waals surface area (Å²) in [6.45, 7) is 0.702. The van der Waals surface area contributed by atoms with Crippen LogP contribution in [0.3, 0.4) is 0 Å². The Morgan fingerprint density at radius 3 is 1.84 bits per heavy atom. The summed E-state index contributed by atoms with van der Waals surface area (Å²) in [5.74, 6) is 0.346. The predicted molar refractivity (Wildman–Crippen MR) is 125 cm³/mol. The number of para-hydroxylation sites is 1. The van der Waals surface area contributed by atoms with E-state index >= 15 is 0 Å². The number of hydrogen-bond donors (Lipinski definition) is 1. The van der Waals surface area contributed by atoms with E-state index in [1.54, 1.807) is 18.2 Å². The molecule has 4 nitrogen and oxygen atoms in total. The van der Waals surface area contributed by atoms with Crippen molar-refractivity contribution in [2.45, 2.75) is 12.4 Å². The van der Waals surface area contributed by atoms with Crippen molar-refractivity contribution in [1.82, 2.24) is 0 Å². The lowest BCUT2D eigenvalue weighted by Crippen LogP contribution is -2.17. The highest BCUT2D eigenvalue weighted by molar-refractivity contribution is 6.01. The van der Waals surface area contributed by atoms with Crippen LogP contribution in [-0.2, 0) is 17.1 Å². The largest absolute Gasteiger partial charge is 0.486 e. The van der Waals surface area contributed by atoms with Crippen molar-refractivity contribution in [2.75, 3.05) is 18.5 Å². The first-order valence-corrected chi connectivity index (χ1v) is 11.0. The molecule has 0 atom stereocenters. The number of nitrogens with one attached hydrogen (secondary N) is 1. The summed E-state index contributed by atoms with van der Waals surface area (Å²) in [5, 5.41) is 2.66. The van der Waals surface area contributed by atoms with Gasteiger partial charge in [-0.1, -0.05) is 42.5 Å². The van der Waals surface area contributed by atoms with Crippen LogP contribution in [0, 0.1) is 0 Å². The number of halogens is 6. The molecule has 0 aliphatic carbocycles. The second kappa shape index (κ2) is 10.4. The summed E-state index contributed by atoms with van der Waals surface area (Å²) in [5.41, 5.74) is -0.381. The Labute approximate surface area is 207 Å². The fourth-order valence-corrected chi connectivity index (χ4v) is 3.61. The molecule has 0 saturated carbocycles. The molecule has 4 rings (SSSR count). The van der Waals surface area contributed by atoms with Crippen molar-refractivity contribution in [3.05, 3.63) is 107 Å². The zero-order chi connectivity index (χ0) is 26.6. The molecule has 0 radical (unpaired) electrons. The predicted octanol–water partition coefficient (Wildman–Crippen LogP) is 7.12. The maximum absolute atomic E-state index is 13.0. The van der Waals surface area contributed by atoms with Crippen molar-refractivity contribution in [2.24, 2.45) is 0 Å². The number of anilines is 1. The molecule has 1 heterocycles. The number of allylic oxidation sites excluding steroid dienone is 2. The quantitative estimate of drug-likeness (QED) is 0.222. The molecule has 0 bridgehead atoms. The molecule has 10 heteroatoms. The summed E-state index contributed by atoms with van der Waals surface area (Å²) in [6.07, 6.45) is -5.12. The average molecular weight is 519 g/mol. The van der Waals surface area contributed by atoms with Gasteiger partial charge in [-0.25, -0.2) is 0 Å². The highest BCUT2D eigenvalue weighted by Crippen LogP contribution is 2.37. The summed E-state index contributed by atoms with van der Waals surface area (Å²) >= 11 is 0. The molecule has 3 aromatic rings. The van der Waals surface area contributed by atoms with E-state index in [-0.39, 0.29) is 0 Å². The minimum absolute atomic E-state index is 0.320. The van der Waals surface area contributed by atoms with E-state index < -0.39 is 29.4 Å². The van der Waals surface area contributed by atoms with Crippen LogP contribution in [0.1, 0.15) is 22.3 Å². The average Bonchev–Trinajstić information content (AvgIpc) is 2.86. The van der Waals surface area contributed by atoms with Gasteiger partial charge in [-0.15, -0.1) is 0 Å². The topological polar surface area (TPSA) is 47.6 Å². The third-order valence-corrected chi connectivity index (χ3v) is 5.38. The number of benzene rings is 3. The standard InChI is InChI=1S/C27H19F6NO3/c28-26(29,30)19-11-7-17(8-12-19)21(18-9-13-20(14-10-18)27(31,32)33)3-1-6-24(35)34-22-4-2-5-23-25(22)37-16-15-36-23/h1-14H,15-16H2,(H,34,35). The number of ether oxygens (including phenoxy) is 2. The van der Waals surface area contributed by atoms with E-state index in [0.717, 1.165) is 24.3 Å². The van der Waals surface area contributed by atoms with E-state index in [2.05, 4.69) is 5.32 Å². The van der Waals surface area contributed by atoms with Crippen LogP contribution in [0.5, 0.6) is 11.5 Å². The maximum Gasteiger partial charge on any atom is 0.416 e. The Morgan fingerprint density at radius 2 is 1.30 bits per heavy atom. The molecule has 1 aliphatic rings. The number of hydrogen-bond acceptors (Lipinski definition) is 3. The van der Waals surface area contributed by atoms with Crippen molar-refractivity contribution in [3.8, 4) is 11.5 Å². The number of carbonyl (C=O) groups is 1. The van der Waals surface area contributed by atoms with Gasteiger partial charge < -0.3 is 14.8 Å². The van der Waals surface area contributed by atoms with Gasteiger partial charge in [-0.2, -0.15) is 26.3 Å². The zero-order valence-corrected chi connectivity index (χ0v) is 19.0. The Morgan fingerprint density at radius 1 is 0.757 bits per heavy atom. The van der Waals surface area contributed by atoms with E-state index in [9.17, 15) is 31.1 Å². The number of amides is 1. The van der Waals surface area contributed by atoms with Crippen molar-refractivity contribution in [3.63, 3.8) is 0 Å². The van der Waals surface area contributed by atoms with Gasteiger partial charge in [0.05, 0.1) is 16.8 Å². The third kappa shape index (κ3) is 6.32. The van der Waals surface area contributed by atoms with Crippen molar-refractivity contribution >= 4 is 17.2 Å². The van der Waals surface area contributed by atoms with Gasteiger partial charge in [0.1, 0.15) is 13.2 Å². The molecule has 1 amide bonds. The van der Waals surface area contributed by atoms with Crippen LogP contribution >= 0.6 is 0 Å². The molecule has 1 aliphatic heterocycles. The number of carbonyl (C=O) groups excluding carboxylic acids is 1. The van der Waals surface area contributed by atoms with Crippen molar-refractivity contribution < 1.29 is 40.6 Å². The summed E-state index contributed by atoms with van der Waals surface area (Å²) in [6, 6.07) is 13.4. The van der Waals surface area contributed by atoms with Crippen LogP contribution in [0.2, 0.25) is 0 Å². The van der Waals surface area contributed by atoms with E-state index in [1.165, 1.54) is 42.5 Å². The van der Waals surface area contributed by atoms with Crippen LogP contribution in [0.15, 0.2) is 85.0 Å². The Balaban J connectivity index is 1.61. The molecule has 0 spiro atoms. The van der Waals surface area contributed by atoms with E-state index in [1.807, 2.05) is 0 Å². The minimum Gasteiger partial charge on any atom is -0.486 e. The van der Waals surface area contributed by atoms with Gasteiger partial charge >= 0.3 is 12.4 Å². The molecular formula is C27H19F6NO3. The molecule has 37 heavy (non-hydrogen) atoms. The number of alkyl halides is 6. The first-order valence-electron chi connectivity index (χ1n) is 11.0.